The number of nitrogen functional groups attached to an aromatic ring is 1. The molecule has 0 saturated heterocycles. The average molecular weight is 448 g/mol. The summed E-state index contributed by atoms with van der Waals surface area (Å²) in [6.45, 7) is 0.446. The minimum absolute atomic E-state index is 0.140. The number of carbonyl (C=O) groups is 1. The zero-order chi connectivity index (χ0) is 21.5. The van der Waals surface area contributed by atoms with E-state index < -0.39 is 6.09 Å². The zero-order valence-electron chi connectivity index (χ0n) is 15.8. The Morgan fingerprint density at radius 3 is 2.93 bits per heavy atom. The maximum absolute atomic E-state index is 11.7. The van der Waals surface area contributed by atoms with Crippen molar-refractivity contribution in [3.63, 3.8) is 0 Å². The van der Waals surface area contributed by atoms with Gasteiger partial charge < -0.3 is 25.9 Å². The highest BCUT2D eigenvalue weighted by Gasteiger charge is 2.13. The van der Waals surface area contributed by atoms with Gasteiger partial charge in [-0.25, -0.2) is 9.78 Å². The molecule has 0 atom stereocenters. The number of pyridine rings is 1. The second-order valence-corrected chi connectivity index (χ2v) is 7.15. The van der Waals surface area contributed by atoms with Crippen LogP contribution in [0.15, 0.2) is 30.5 Å². The van der Waals surface area contributed by atoms with Crippen molar-refractivity contribution in [3.8, 4) is 10.6 Å². The molecular formula is C18H18ClN7O3S. The van der Waals surface area contributed by atoms with Crippen LogP contribution in [0.2, 0.25) is 5.02 Å². The molecule has 12 heteroatoms. The molecule has 0 aliphatic carbocycles. The number of ether oxygens (including phenoxy) is 2. The van der Waals surface area contributed by atoms with Gasteiger partial charge in [-0.2, -0.15) is 0 Å². The maximum atomic E-state index is 11.7. The van der Waals surface area contributed by atoms with Crippen molar-refractivity contribution in [2.24, 2.45) is 0 Å². The van der Waals surface area contributed by atoms with Gasteiger partial charge in [0.05, 0.1) is 17.3 Å². The summed E-state index contributed by atoms with van der Waals surface area (Å²) in [4.78, 5) is 15.8. The van der Waals surface area contributed by atoms with Gasteiger partial charge in [0.15, 0.2) is 0 Å². The summed E-state index contributed by atoms with van der Waals surface area (Å²) in [5, 5.41) is 22.8. The predicted molar refractivity (Wildman–Crippen MR) is 117 cm³/mol. The lowest BCUT2D eigenvalue weighted by atomic mass is 10.1. The minimum Gasteiger partial charge on any atom is -0.447 e. The van der Waals surface area contributed by atoms with Gasteiger partial charge in [0.1, 0.15) is 17.4 Å². The SMILES string of the molecule is COCCOC(=O)Nc1cc(-c2nnc(Nc3ccc(N)c(C=N)c3Cl)s2)ccn1. The molecule has 0 aliphatic rings. The highest BCUT2D eigenvalue weighted by atomic mass is 35.5. The smallest absolute Gasteiger partial charge is 0.412 e. The van der Waals surface area contributed by atoms with Crippen LogP contribution in [-0.2, 0) is 9.47 Å². The second-order valence-electron chi connectivity index (χ2n) is 5.80. The monoisotopic (exact) mass is 447 g/mol. The van der Waals surface area contributed by atoms with Crippen LogP contribution < -0.4 is 16.4 Å². The number of rotatable bonds is 8. The molecule has 2 aromatic heterocycles. The van der Waals surface area contributed by atoms with Crippen LogP contribution in [0.5, 0.6) is 0 Å². The Balaban J connectivity index is 1.72. The Morgan fingerprint density at radius 2 is 2.17 bits per heavy atom. The van der Waals surface area contributed by atoms with Gasteiger partial charge in [-0.05, 0) is 24.3 Å². The third kappa shape index (κ3) is 5.20. The Hall–Kier alpha value is -3.28. The van der Waals surface area contributed by atoms with E-state index in [1.54, 1.807) is 30.5 Å². The van der Waals surface area contributed by atoms with Gasteiger partial charge in [0, 0.05) is 36.3 Å². The Morgan fingerprint density at radius 1 is 1.33 bits per heavy atom. The number of hydrogen-bond acceptors (Lipinski definition) is 10. The van der Waals surface area contributed by atoms with Crippen molar-refractivity contribution in [2.75, 3.05) is 36.7 Å². The quantitative estimate of drug-likeness (QED) is 0.231. The van der Waals surface area contributed by atoms with E-state index in [-0.39, 0.29) is 6.61 Å². The van der Waals surface area contributed by atoms with Crippen molar-refractivity contribution >= 4 is 57.6 Å². The molecule has 0 bridgehead atoms. The van der Waals surface area contributed by atoms with E-state index in [9.17, 15) is 4.79 Å². The molecule has 5 N–H and O–H groups in total. The van der Waals surface area contributed by atoms with Crippen molar-refractivity contribution in [3.05, 3.63) is 41.0 Å². The van der Waals surface area contributed by atoms with Gasteiger partial charge >= 0.3 is 6.09 Å². The molecule has 0 aliphatic heterocycles. The summed E-state index contributed by atoms with van der Waals surface area (Å²) in [6.07, 6.45) is 2.01. The topological polar surface area (TPSA) is 148 Å². The normalized spacial score (nSPS) is 10.5. The number of nitrogens with zero attached hydrogens (tertiary/aromatic N) is 3. The van der Waals surface area contributed by atoms with Crippen LogP contribution in [0.4, 0.5) is 27.1 Å². The molecule has 3 aromatic rings. The predicted octanol–water partition coefficient (Wildman–Crippen LogP) is 3.77. The number of aromatic nitrogens is 3. The van der Waals surface area contributed by atoms with E-state index in [2.05, 4.69) is 25.8 Å². The Labute approximate surface area is 180 Å². The number of benzene rings is 1. The fourth-order valence-electron chi connectivity index (χ4n) is 2.35. The fourth-order valence-corrected chi connectivity index (χ4v) is 3.37. The van der Waals surface area contributed by atoms with Crippen molar-refractivity contribution in [1.82, 2.24) is 15.2 Å². The van der Waals surface area contributed by atoms with E-state index in [1.807, 2.05) is 0 Å². The third-order valence-electron chi connectivity index (χ3n) is 3.78. The van der Waals surface area contributed by atoms with Crippen LogP contribution in [-0.4, -0.2) is 47.8 Å². The number of carbonyl (C=O) groups excluding carboxylic acids is 1. The average Bonchev–Trinajstić information content (AvgIpc) is 3.20. The number of nitrogens with two attached hydrogens (primary N) is 1. The number of halogens is 1. The van der Waals surface area contributed by atoms with Gasteiger partial charge in [0.25, 0.3) is 0 Å². The number of hydrogen-bond donors (Lipinski definition) is 4. The molecular weight excluding hydrogens is 430 g/mol. The van der Waals surface area contributed by atoms with Crippen molar-refractivity contribution in [1.29, 1.82) is 5.41 Å². The Kier molecular flexibility index (Phi) is 7.12. The molecule has 0 fully saturated rings. The lowest BCUT2D eigenvalue weighted by Crippen LogP contribution is -2.17. The number of amides is 1. The number of anilines is 4. The summed E-state index contributed by atoms with van der Waals surface area (Å²) < 4.78 is 9.78. The molecule has 1 amide bonds. The van der Waals surface area contributed by atoms with E-state index >= 15 is 0 Å². The van der Waals surface area contributed by atoms with E-state index in [0.717, 1.165) is 6.21 Å². The van der Waals surface area contributed by atoms with Crippen LogP contribution in [0.3, 0.4) is 0 Å². The zero-order valence-corrected chi connectivity index (χ0v) is 17.4. The standard InChI is InChI=1S/C18H18ClN7O3S/c1-28-6-7-29-18(27)24-14-8-10(4-5-22-14)16-25-26-17(30-16)23-13-3-2-12(21)11(9-20)15(13)19/h2-5,8-9,20H,6-7,21H2,1H3,(H,23,26)(H,22,24,27). The van der Waals surface area contributed by atoms with Crippen LogP contribution in [0.1, 0.15) is 5.56 Å². The minimum atomic E-state index is -0.628. The molecule has 0 radical (unpaired) electrons. The van der Waals surface area contributed by atoms with Crippen molar-refractivity contribution < 1.29 is 14.3 Å². The highest BCUT2D eigenvalue weighted by molar-refractivity contribution is 7.18. The van der Waals surface area contributed by atoms with E-state index in [4.69, 9.17) is 32.2 Å². The second kappa shape index (κ2) is 9.96. The summed E-state index contributed by atoms with van der Waals surface area (Å²) in [5.41, 5.74) is 7.93. The fraction of sp³-hybridized carbons (Fsp3) is 0.167. The summed E-state index contributed by atoms with van der Waals surface area (Å²) in [6, 6.07) is 6.76. The van der Waals surface area contributed by atoms with Crippen LogP contribution in [0, 0.1) is 5.41 Å². The molecule has 1 aromatic carbocycles. The maximum Gasteiger partial charge on any atom is 0.412 e. The molecule has 10 nitrogen and oxygen atoms in total. The molecule has 3 rings (SSSR count). The first kappa shape index (κ1) is 21.4. The first-order valence-electron chi connectivity index (χ1n) is 8.60. The largest absolute Gasteiger partial charge is 0.447 e. The lowest BCUT2D eigenvalue weighted by Gasteiger charge is -2.09. The molecule has 2 heterocycles. The van der Waals surface area contributed by atoms with Gasteiger partial charge in [-0.1, -0.05) is 22.9 Å². The number of nitrogens with one attached hydrogen (secondary N) is 3. The van der Waals surface area contributed by atoms with Gasteiger partial charge in [0.2, 0.25) is 5.13 Å². The van der Waals surface area contributed by atoms with E-state index in [0.29, 0.717) is 50.1 Å². The summed E-state index contributed by atoms with van der Waals surface area (Å²) in [5.74, 6) is 0.317. The molecule has 30 heavy (non-hydrogen) atoms. The van der Waals surface area contributed by atoms with E-state index in [1.165, 1.54) is 18.4 Å². The lowest BCUT2D eigenvalue weighted by molar-refractivity contribution is 0.107. The van der Waals surface area contributed by atoms with Gasteiger partial charge in [-0.15, -0.1) is 10.2 Å². The third-order valence-corrected chi connectivity index (χ3v) is 5.08. The summed E-state index contributed by atoms with van der Waals surface area (Å²) in [7, 11) is 1.52. The summed E-state index contributed by atoms with van der Waals surface area (Å²) >= 11 is 7.58. The molecule has 0 spiro atoms. The molecule has 0 saturated carbocycles. The molecule has 156 valence electrons. The Bertz CT molecular complexity index is 1060. The number of methoxy groups -OCH3 is 1. The highest BCUT2D eigenvalue weighted by Crippen LogP contribution is 2.34. The first-order valence-corrected chi connectivity index (χ1v) is 9.79. The molecule has 0 unspecified atom stereocenters. The first-order chi connectivity index (χ1) is 14.5. The van der Waals surface area contributed by atoms with Gasteiger partial charge in [-0.3, -0.25) is 5.32 Å². The van der Waals surface area contributed by atoms with Crippen molar-refractivity contribution in [2.45, 2.75) is 0 Å². The van der Waals surface area contributed by atoms with Crippen LogP contribution in [0.25, 0.3) is 10.6 Å². The van der Waals surface area contributed by atoms with Crippen LogP contribution >= 0.6 is 22.9 Å².